The molecule has 50 heavy (non-hydrogen) atoms. The smallest absolute Gasteiger partial charge is 0.0546 e. The molecule has 1 heteroatoms. The highest BCUT2D eigenvalue weighted by Gasteiger charge is 2.38. The molecule has 0 unspecified atom stereocenters. The van der Waals surface area contributed by atoms with Gasteiger partial charge in [0.25, 0.3) is 0 Å². The van der Waals surface area contributed by atoms with E-state index in [-0.39, 0.29) is 10.8 Å². The van der Waals surface area contributed by atoms with Crippen LogP contribution in [-0.2, 0) is 10.8 Å². The average molecular weight is 644 g/mol. The Bertz CT molecular complexity index is 2600. The minimum Gasteiger partial charge on any atom is -0.309 e. The first kappa shape index (κ1) is 30.4. The van der Waals surface area contributed by atoms with Crippen molar-refractivity contribution in [3.05, 3.63) is 174 Å². The predicted molar refractivity (Wildman–Crippen MR) is 215 cm³/mol. The molecule has 0 saturated carbocycles. The minimum absolute atomic E-state index is 0.0789. The Kier molecular flexibility index (Phi) is 6.80. The van der Waals surface area contributed by atoms with Crippen molar-refractivity contribution in [2.24, 2.45) is 0 Å². The first-order valence-electron chi connectivity index (χ1n) is 17.8. The largest absolute Gasteiger partial charge is 0.309 e. The number of fused-ring (bicyclic) bond motifs is 8. The van der Waals surface area contributed by atoms with Crippen molar-refractivity contribution in [1.82, 2.24) is 0 Å². The summed E-state index contributed by atoms with van der Waals surface area (Å²) in [4.78, 5) is 2.55. The SMILES string of the molecule is CC(C)(C)c1cc(N(c2cccc3c2-c2ccccc2C3(C)C)c2cc3ccc4ccccc4c3c3ccccc23)ccc1-c1ccccc1. The summed E-state index contributed by atoms with van der Waals surface area (Å²) in [6.45, 7) is 11.7. The molecule has 242 valence electrons. The summed E-state index contributed by atoms with van der Waals surface area (Å²) < 4.78 is 0. The Labute approximate surface area is 295 Å². The van der Waals surface area contributed by atoms with Gasteiger partial charge in [0.1, 0.15) is 0 Å². The molecule has 0 fully saturated rings. The maximum Gasteiger partial charge on any atom is 0.0546 e. The summed E-state index contributed by atoms with van der Waals surface area (Å²) >= 11 is 0. The number of hydrogen-bond donors (Lipinski definition) is 0. The lowest BCUT2D eigenvalue weighted by Gasteiger charge is -2.32. The molecule has 0 amide bonds. The Hall–Kier alpha value is -5.66. The number of hydrogen-bond acceptors (Lipinski definition) is 1. The predicted octanol–water partition coefficient (Wildman–Crippen LogP) is 13.9. The van der Waals surface area contributed by atoms with Crippen molar-refractivity contribution in [2.45, 2.75) is 45.4 Å². The number of benzene rings is 8. The molecule has 0 aromatic heterocycles. The first-order chi connectivity index (χ1) is 24.2. The molecule has 9 rings (SSSR count). The lowest BCUT2D eigenvalue weighted by atomic mass is 9.81. The normalized spacial score (nSPS) is 13.5. The van der Waals surface area contributed by atoms with Crippen LogP contribution in [-0.4, -0.2) is 0 Å². The van der Waals surface area contributed by atoms with Crippen molar-refractivity contribution in [3.63, 3.8) is 0 Å². The topological polar surface area (TPSA) is 3.24 Å². The Morgan fingerprint density at radius 1 is 0.480 bits per heavy atom. The maximum atomic E-state index is 2.55. The van der Waals surface area contributed by atoms with E-state index < -0.39 is 0 Å². The van der Waals surface area contributed by atoms with E-state index in [0.29, 0.717) is 0 Å². The van der Waals surface area contributed by atoms with Crippen molar-refractivity contribution >= 4 is 49.4 Å². The molecular formula is C49H41N. The van der Waals surface area contributed by atoms with Crippen LogP contribution in [0.1, 0.15) is 51.3 Å². The third kappa shape index (κ3) is 4.61. The van der Waals surface area contributed by atoms with Crippen LogP contribution in [0.25, 0.3) is 54.6 Å². The van der Waals surface area contributed by atoms with Gasteiger partial charge in [0.15, 0.2) is 0 Å². The molecule has 8 aromatic rings. The van der Waals surface area contributed by atoms with Gasteiger partial charge >= 0.3 is 0 Å². The zero-order valence-electron chi connectivity index (χ0n) is 29.5. The van der Waals surface area contributed by atoms with Crippen molar-refractivity contribution in [2.75, 3.05) is 4.90 Å². The van der Waals surface area contributed by atoms with Crippen molar-refractivity contribution < 1.29 is 0 Å². The van der Waals surface area contributed by atoms with E-state index in [9.17, 15) is 0 Å². The quantitative estimate of drug-likeness (QED) is 0.173. The summed E-state index contributed by atoms with van der Waals surface area (Å²) in [5, 5.41) is 7.62. The lowest BCUT2D eigenvalue weighted by molar-refractivity contribution is 0.592. The molecular weight excluding hydrogens is 603 g/mol. The number of nitrogens with zero attached hydrogens (tertiary/aromatic N) is 1. The van der Waals surface area contributed by atoms with Crippen LogP contribution in [0.15, 0.2) is 158 Å². The van der Waals surface area contributed by atoms with E-state index in [1.54, 1.807) is 0 Å². The lowest BCUT2D eigenvalue weighted by Crippen LogP contribution is -2.17. The summed E-state index contributed by atoms with van der Waals surface area (Å²) in [6, 6.07) is 58.6. The number of rotatable bonds is 4. The molecule has 8 aromatic carbocycles. The second-order valence-corrected chi connectivity index (χ2v) is 15.4. The fourth-order valence-corrected chi connectivity index (χ4v) is 8.53. The third-order valence-corrected chi connectivity index (χ3v) is 10.9. The van der Waals surface area contributed by atoms with E-state index in [2.05, 4.69) is 197 Å². The highest BCUT2D eigenvalue weighted by atomic mass is 15.1. The second kappa shape index (κ2) is 11.2. The van der Waals surface area contributed by atoms with E-state index in [0.717, 1.165) is 5.69 Å². The van der Waals surface area contributed by atoms with Gasteiger partial charge in [-0.15, -0.1) is 0 Å². The summed E-state index contributed by atoms with van der Waals surface area (Å²) in [6.07, 6.45) is 0. The third-order valence-electron chi connectivity index (χ3n) is 10.9. The van der Waals surface area contributed by atoms with Crippen LogP contribution in [0.5, 0.6) is 0 Å². The van der Waals surface area contributed by atoms with Gasteiger partial charge in [-0.1, -0.05) is 168 Å². The van der Waals surface area contributed by atoms with Crippen LogP contribution in [0.4, 0.5) is 17.1 Å². The van der Waals surface area contributed by atoms with E-state index in [1.807, 2.05) is 0 Å². The van der Waals surface area contributed by atoms with Crippen LogP contribution in [0.2, 0.25) is 0 Å². The molecule has 0 spiro atoms. The summed E-state index contributed by atoms with van der Waals surface area (Å²) in [5.74, 6) is 0. The number of anilines is 3. The van der Waals surface area contributed by atoms with Gasteiger partial charge in [0.2, 0.25) is 0 Å². The second-order valence-electron chi connectivity index (χ2n) is 15.4. The molecule has 0 bridgehead atoms. The molecule has 0 atom stereocenters. The molecule has 0 radical (unpaired) electrons. The first-order valence-corrected chi connectivity index (χ1v) is 17.8. The van der Waals surface area contributed by atoms with E-state index in [4.69, 9.17) is 0 Å². The monoisotopic (exact) mass is 643 g/mol. The van der Waals surface area contributed by atoms with Crippen LogP contribution >= 0.6 is 0 Å². The minimum atomic E-state index is -0.105. The van der Waals surface area contributed by atoms with Crippen LogP contribution in [0.3, 0.4) is 0 Å². The Morgan fingerprint density at radius 2 is 1.14 bits per heavy atom. The van der Waals surface area contributed by atoms with E-state index >= 15 is 0 Å². The molecule has 1 aliphatic carbocycles. The van der Waals surface area contributed by atoms with Gasteiger partial charge in [0, 0.05) is 22.1 Å². The standard InChI is InChI=1S/C49H41N/c1-48(2,3)43-31-35(28-29-36(43)32-16-7-6-8-17-32)50(44-25-15-24-42-47(44)40-22-13-14-23-41(40)49(42,4)5)45-30-34-27-26-33-18-9-10-19-37(33)46(34)39-21-12-11-20-38(39)45/h6-31H,1-5H3. The van der Waals surface area contributed by atoms with Gasteiger partial charge in [-0.25, -0.2) is 0 Å². The summed E-state index contributed by atoms with van der Waals surface area (Å²) in [7, 11) is 0. The van der Waals surface area contributed by atoms with Gasteiger partial charge in [-0.05, 0) is 90.0 Å². The molecule has 1 nitrogen and oxygen atoms in total. The highest BCUT2D eigenvalue weighted by molar-refractivity contribution is 6.24. The van der Waals surface area contributed by atoms with Crippen LogP contribution < -0.4 is 4.90 Å². The van der Waals surface area contributed by atoms with Gasteiger partial charge in [-0.3, -0.25) is 0 Å². The zero-order chi connectivity index (χ0) is 34.2. The molecule has 0 saturated heterocycles. The summed E-state index contributed by atoms with van der Waals surface area (Å²) in [5.41, 5.74) is 12.6. The van der Waals surface area contributed by atoms with Crippen molar-refractivity contribution in [1.29, 1.82) is 0 Å². The van der Waals surface area contributed by atoms with Gasteiger partial charge < -0.3 is 4.90 Å². The highest BCUT2D eigenvalue weighted by Crippen LogP contribution is 2.55. The van der Waals surface area contributed by atoms with E-state index in [1.165, 1.54) is 82.6 Å². The molecule has 1 aliphatic rings. The Balaban J connectivity index is 1.40. The fraction of sp³-hybridized carbons (Fsp3) is 0.143. The fourth-order valence-electron chi connectivity index (χ4n) is 8.53. The molecule has 0 N–H and O–H groups in total. The zero-order valence-corrected chi connectivity index (χ0v) is 29.5. The average Bonchev–Trinajstić information content (AvgIpc) is 3.38. The van der Waals surface area contributed by atoms with Gasteiger partial charge in [-0.2, -0.15) is 0 Å². The van der Waals surface area contributed by atoms with Crippen molar-refractivity contribution in [3.8, 4) is 22.3 Å². The van der Waals surface area contributed by atoms with Crippen LogP contribution in [0, 0.1) is 0 Å². The molecule has 0 heterocycles. The Morgan fingerprint density at radius 3 is 1.94 bits per heavy atom. The maximum absolute atomic E-state index is 2.55. The molecule has 0 aliphatic heterocycles. The van der Waals surface area contributed by atoms with Gasteiger partial charge in [0.05, 0.1) is 11.4 Å².